The van der Waals surface area contributed by atoms with Crippen molar-refractivity contribution >= 4 is 17.8 Å². The highest BCUT2D eigenvalue weighted by Gasteiger charge is 2.44. The molecular weight excluding hydrogens is 320 g/mol. The van der Waals surface area contributed by atoms with Gasteiger partial charge in [0.25, 0.3) is 5.91 Å². The molecule has 2 aliphatic heterocycles. The molecule has 2 fully saturated rings. The quantitative estimate of drug-likeness (QED) is 0.795. The molecule has 3 rings (SSSR count). The molecule has 2 N–H and O–H groups in total. The second-order valence-corrected chi connectivity index (χ2v) is 7.03. The molecule has 0 saturated carbocycles. The van der Waals surface area contributed by atoms with E-state index in [9.17, 15) is 14.4 Å². The van der Waals surface area contributed by atoms with Crippen molar-refractivity contribution in [3.8, 4) is 0 Å². The third kappa shape index (κ3) is 3.66. The molecule has 1 aromatic carbocycles. The van der Waals surface area contributed by atoms with Crippen LogP contribution in [0.2, 0.25) is 0 Å². The number of nitrogens with zero attached hydrogens (tertiary/aromatic N) is 2. The summed E-state index contributed by atoms with van der Waals surface area (Å²) in [6, 6.07) is 9.46. The minimum absolute atomic E-state index is 0.0208. The normalized spacial score (nSPS) is 24.0. The van der Waals surface area contributed by atoms with Crippen LogP contribution >= 0.6 is 0 Å². The number of carbonyl (C=O) groups is 3. The average Bonchev–Trinajstić information content (AvgIpc) is 2.71. The van der Waals surface area contributed by atoms with Crippen LogP contribution in [0.1, 0.15) is 31.9 Å². The van der Waals surface area contributed by atoms with Gasteiger partial charge >= 0.3 is 6.03 Å². The summed E-state index contributed by atoms with van der Waals surface area (Å²) in [5.74, 6) is -0.190. The fourth-order valence-corrected chi connectivity index (χ4v) is 3.39. The van der Waals surface area contributed by atoms with Crippen molar-refractivity contribution in [3.05, 3.63) is 35.9 Å². The van der Waals surface area contributed by atoms with Crippen molar-refractivity contribution in [1.29, 1.82) is 0 Å². The maximum Gasteiger partial charge on any atom is 0.325 e. The van der Waals surface area contributed by atoms with Gasteiger partial charge in [0, 0.05) is 38.6 Å². The third-order valence-corrected chi connectivity index (χ3v) is 4.78. The summed E-state index contributed by atoms with van der Waals surface area (Å²) in [6.07, 6.45) is 0.371. The Morgan fingerprint density at radius 2 is 1.84 bits per heavy atom. The van der Waals surface area contributed by atoms with Crippen molar-refractivity contribution in [2.45, 2.75) is 31.8 Å². The Balaban J connectivity index is 1.73. The maximum atomic E-state index is 12.3. The number of nitrogens with one attached hydrogen (secondary N) is 2. The largest absolute Gasteiger partial charge is 0.355 e. The molecule has 7 nitrogen and oxygen atoms in total. The van der Waals surface area contributed by atoms with Crippen LogP contribution in [0.4, 0.5) is 4.79 Å². The SMILES string of the molecule is CC1(C)NC(=O)N(CCN2CCNC(=O)C[C@@H]2c2ccccc2)C1=O. The van der Waals surface area contributed by atoms with Gasteiger partial charge in [-0.25, -0.2) is 4.79 Å². The fourth-order valence-electron chi connectivity index (χ4n) is 3.39. The molecule has 25 heavy (non-hydrogen) atoms. The molecule has 0 spiro atoms. The monoisotopic (exact) mass is 344 g/mol. The summed E-state index contributed by atoms with van der Waals surface area (Å²) in [6.45, 7) is 5.49. The van der Waals surface area contributed by atoms with Crippen molar-refractivity contribution in [3.63, 3.8) is 0 Å². The molecule has 7 heteroatoms. The van der Waals surface area contributed by atoms with Crippen LogP contribution in [0.25, 0.3) is 0 Å². The molecule has 1 aromatic rings. The zero-order valence-corrected chi connectivity index (χ0v) is 14.6. The van der Waals surface area contributed by atoms with Crippen LogP contribution in [0, 0.1) is 0 Å². The molecule has 0 bridgehead atoms. The van der Waals surface area contributed by atoms with E-state index >= 15 is 0 Å². The van der Waals surface area contributed by atoms with E-state index in [1.807, 2.05) is 30.3 Å². The Bertz CT molecular complexity index is 674. The number of amides is 4. The minimum atomic E-state index is -0.855. The number of rotatable bonds is 4. The predicted octanol–water partition coefficient (Wildman–Crippen LogP) is 0.880. The van der Waals surface area contributed by atoms with Gasteiger partial charge in [0.05, 0.1) is 0 Å². The van der Waals surface area contributed by atoms with E-state index in [4.69, 9.17) is 0 Å². The van der Waals surface area contributed by atoms with Gasteiger partial charge in [-0.1, -0.05) is 30.3 Å². The van der Waals surface area contributed by atoms with Gasteiger partial charge in [-0.2, -0.15) is 0 Å². The lowest BCUT2D eigenvalue weighted by Gasteiger charge is -2.30. The van der Waals surface area contributed by atoms with Crippen LogP contribution in [-0.4, -0.2) is 59.4 Å². The fraction of sp³-hybridized carbons (Fsp3) is 0.500. The number of benzene rings is 1. The minimum Gasteiger partial charge on any atom is -0.355 e. The van der Waals surface area contributed by atoms with Crippen LogP contribution in [0.5, 0.6) is 0 Å². The number of urea groups is 1. The maximum absolute atomic E-state index is 12.3. The molecule has 4 amide bonds. The summed E-state index contributed by atoms with van der Waals surface area (Å²) in [4.78, 5) is 39.8. The second kappa shape index (κ2) is 6.84. The molecule has 2 aliphatic rings. The summed E-state index contributed by atoms with van der Waals surface area (Å²) >= 11 is 0. The van der Waals surface area contributed by atoms with E-state index in [2.05, 4.69) is 15.5 Å². The molecular formula is C18H24N4O3. The molecule has 0 radical (unpaired) electrons. The van der Waals surface area contributed by atoms with Gasteiger partial charge in [0.2, 0.25) is 5.91 Å². The lowest BCUT2D eigenvalue weighted by atomic mass is 10.0. The first-order valence-electron chi connectivity index (χ1n) is 8.58. The van der Waals surface area contributed by atoms with E-state index in [1.54, 1.807) is 13.8 Å². The molecule has 1 atom stereocenters. The number of carbonyl (C=O) groups excluding carboxylic acids is 3. The standard InChI is InChI=1S/C18H24N4O3/c1-18(2)16(24)22(17(25)20-18)11-10-21-9-8-19-15(23)12-14(21)13-6-4-3-5-7-13/h3-7,14H,8-12H2,1-2H3,(H,19,23)(H,20,25)/t14-/m1/s1. The third-order valence-electron chi connectivity index (χ3n) is 4.78. The van der Waals surface area contributed by atoms with Crippen LogP contribution in [-0.2, 0) is 9.59 Å². The number of imide groups is 1. The van der Waals surface area contributed by atoms with Gasteiger partial charge in [0.15, 0.2) is 0 Å². The molecule has 2 saturated heterocycles. The van der Waals surface area contributed by atoms with Gasteiger partial charge in [-0.05, 0) is 19.4 Å². The summed E-state index contributed by atoms with van der Waals surface area (Å²) in [7, 11) is 0. The Kier molecular flexibility index (Phi) is 4.76. The summed E-state index contributed by atoms with van der Waals surface area (Å²) in [5, 5.41) is 5.59. The van der Waals surface area contributed by atoms with Gasteiger partial charge < -0.3 is 10.6 Å². The molecule has 134 valence electrons. The van der Waals surface area contributed by atoms with E-state index < -0.39 is 5.54 Å². The first kappa shape index (κ1) is 17.4. The van der Waals surface area contributed by atoms with Gasteiger partial charge in [0.1, 0.15) is 5.54 Å². The van der Waals surface area contributed by atoms with E-state index in [-0.39, 0.29) is 23.9 Å². The Labute approximate surface area is 147 Å². The van der Waals surface area contributed by atoms with Crippen LogP contribution < -0.4 is 10.6 Å². The summed E-state index contributed by atoms with van der Waals surface area (Å²) < 4.78 is 0. The van der Waals surface area contributed by atoms with Crippen LogP contribution in [0.3, 0.4) is 0 Å². The first-order chi connectivity index (χ1) is 11.9. The molecule has 0 aliphatic carbocycles. The van der Waals surface area contributed by atoms with Crippen molar-refractivity contribution in [2.24, 2.45) is 0 Å². The smallest absolute Gasteiger partial charge is 0.325 e. The lowest BCUT2D eigenvalue weighted by molar-refractivity contribution is -0.130. The zero-order valence-electron chi connectivity index (χ0n) is 14.6. The van der Waals surface area contributed by atoms with Crippen molar-refractivity contribution < 1.29 is 14.4 Å². The van der Waals surface area contributed by atoms with E-state index in [1.165, 1.54) is 4.90 Å². The number of hydrogen-bond donors (Lipinski definition) is 2. The van der Waals surface area contributed by atoms with Gasteiger partial charge in [-0.3, -0.25) is 19.4 Å². The Morgan fingerprint density at radius 3 is 2.48 bits per heavy atom. The van der Waals surface area contributed by atoms with Crippen LogP contribution in [0.15, 0.2) is 30.3 Å². The average molecular weight is 344 g/mol. The summed E-state index contributed by atoms with van der Waals surface area (Å²) in [5.41, 5.74) is 0.212. The topological polar surface area (TPSA) is 81.8 Å². The highest BCUT2D eigenvalue weighted by molar-refractivity contribution is 6.06. The Morgan fingerprint density at radius 1 is 1.12 bits per heavy atom. The molecule has 0 unspecified atom stereocenters. The van der Waals surface area contributed by atoms with Gasteiger partial charge in [-0.15, -0.1) is 0 Å². The highest BCUT2D eigenvalue weighted by Crippen LogP contribution is 2.26. The number of hydrogen-bond acceptors (Lipinski definition) is 4. The zero-order chi connectivity index (χ0) is 18.0. The molecule has 2 heterocycles. The molecule has 0 aromatic heterocycles. The van der Waals surface area contributed by atoms with Crippen molar-refractivity contribution in [1.82, 2.24) is 20.4 Å². The van der Waals surface area contributed by atoms with E-state index in [0.29, 0.717) is 32.6 Å². The predicted molar refractivity (Wildman–Crippen MR) is 92.7 cm³/mol. The van der Waals surface area contributed by atoms with E-state index in [0.717, 1.165) is 5.56 Å². The first-order valence-corrected chi connectivity index (χ1v) is 8.58. The lowest BCUT2D eigenvalue weighted by Crippen LogP contribution is -2.42. The highest BCUT2D eigenvalue weighted by atomic mass is 16.2. The van der Waals surface area contributed by atoms with Crippen molar-refractivity contribution in [2.75, 3.05) is 26.2 Å². The second-order valence-electron chi connectivity index (χ2n) is 7.03. The Hall–Kier alpha value is -2.41.